The number of benzene rings is 1. The van der Waals surface area contributed by atoms with Crippen LogP contribution < -0.4 is 20.8 Å². The molecule has 0 bridgehead atoms. The molecule has 0 amide bonds. The van der Waals surface area contributed by atoms with E-state index in [9.17, 15) is 4.79 Å². The minimum absolute atomic E-state index is 0.104. The Balaban J connectivity index is 1.73. The molecular formula is C11H12N4O2. The van der Waals surface area contributed by atoms with Crippen molar-refractivity contribution in [1.29, 1.82) is 0 Å². The highest BCUT2D eigenvalue weighted by Gasteiger charge is 2.31. The number of ether oxygens (including phenoxy) is 1. The first-order valence-electron chi connectivity index (χ1n) is 5.48. The molecular weight excluding hydrogens is 220 g/mol. The summed E-state index contributed by atoms with van der Waals surface area (Å²) in [5.41, 5.74) is 6.25. The van der Waals surface area contributed by atoms with E-state index in [0.717, 1.165) is 18.5 Å². The second-order valence-corrected chi connectivity index (χ2v) is 4.03. The van der Waals surface area contributed by atoms with Gasteiger partial charge in [0.05, 0.1) is 11.6 Å². The first-order chi connectivity index (χ1) is 8.33. The Labute approximate surface area is 98.2 Å². The average Bonchev–Trinajstić information content (AvgIpc) is 3.05. The maximum absolute atomic E-state index is 11.5. The number of esters is 1. The van der Waals surface area contributed by atoms with Crippen LogP contribution in [0.1, 0.15) is 12.8 Å². The molecule has 1 aliphatic carbocycles. The third-order valence-corrected chi connectivity index (χ3v) is 2.63. The Kier molecular flexibility index (Phi) is 2.41. The maximum Gasteiger partial charge on any atom is 0.314 e. The van der Waals surface area contributed by atoms with E-state index < -0.39 is 0 Å². The lowest BCUT2D eigenvalue weighted by molar-refractivity contribution is -0.135. The number of carbonyl (C=O) groups is 1. The summed E-state index contributed by atoms with van der Waals surface area (Å²) in [7, 11) is 0. The summed E-state index contributed by atoms with van der Waals surface area (Å²) in [4.78, 5) is 11.5. The molecule has 0 atom stereocenters. The predicted molar refractivity (Wildman–Crippen MR) is 62.0 cm³/mol. The van der Waals surface area contributed by atoms with Gasteiger partial charge in [-0.15, -0.1) is 5.53 Å². The molecule has 1 heterocycles. The van der Waals surface area contributed by atoms with E-state index in [-0.39, 0.29) is 11.9 Å². The lowest BCUT2D eigenvalue weighted by Gasteiger charge is -2.14. The van der Waals surface area contributed by atoms with E-state index in [4.69, 9.17) is 4.74 Å². The van der Waals surface area contributed by atoms with Crippen LogP contribution in [0.25, 0.3) is 0 Å². The molecule has 0 aromatic heterocycles. The molecule has 3 rings (SSSR count). The lowest BCUT2D eigenvalue weighted by atomic mass is 10.3. The molecule has 0 saturated heterocycles. The zero-order valence-corrected chi connectivity index (χ0v) is 9.09. The number of hydrazine groups is 2. The quantitative estimate of drug-likeness (QED) is 0.595. The molecule has 6 heteroatoms. The molecule has 88 valence electrons. The first kappa shape index (κ1) is 10.1. The third kappa shape index (κ3) is 2.21. The molecule has 1 saturated carbocycles. The van der Waals surface area contributed by atoms with E-state index in [1.807, 2.05) is 12.1 Å². The monoisotopic (exact) mass is 232 g/mol. The molecule has 6 nitrogen and oxygen atoms in total. The number of rotatable bonds is 3. The average molecular weight is 232 g/mol. The molecule has 1 aromatic carbocycles. The standard InChI is InChI=1S/C11H12N4O2/c16-11(8-4-5-8)17-10-3-1-2-9(6-10)15-7-12-13-14-15/h1-3,6-8,13-14H,4-5H2. The van der Waals surface area contributed by atoms with E-state index in [2.05, 4.69) is 16.2 Å². The van der Waals surface area contributed by atoms with E-state index in [1.54, 1.807) is 23.5 Å². The van der Waals surface area contributed by atoms with Crippen molar-refractivity contribution in [2.24, 2.45) is 11.0 Å². The van der Waals surface area contributed by atoms with Crippen molar-refractivity contribution in [1.82, 2.24) is 11.1 Å². The Bertz CT molecular complexity index is 470. The van der Waals surface area contributed by atoms with Crippen molar-refractivity contribution in [2.75, 3.05) is 5.01 Å². The van der Waals surface area contributed by atoms with Gasteiger partial charge in [0.2, 0.25) is 0 Å². The lowest BCUT2D eigenvalue weighted by Crippen LogP contribution is -2.37. The zero-order valence-electron chi connectivity index (χ0n) is 9.09. The van der Waals surface area contributed by atoms with Crippen molar-refractivity contribution >= 4 is 18.0 Å². The largest absolute Gasteiger partial charge is 0.426 e. The molecule has 2 N–H and O–H groups in total. The van der Waals surface area contributed by atoms with Gasteiger partial charge in [-0.1, -0.05) is 6.07 Å². The van der Waals surface area contributed by atoms with Gasteiger partial charge in [0.25, 0.3) is 0 Å². The van der Waals surface area contributed by atoms with E-state index >= 15 is 0 Å². The summed E-state index contributed by atoms with van der Waals surface area (Å²) in [6.45, 7) is 0. The van der Waals surface area contributed by atoms with Crippen LogP contribution in [0.4, 0.5) is 5.69 Å². The Morgan fingerprint density at radius 2 is 2.35 bits per heavy atom. The minimum atomic E-state index is -0.136. The fraction of sp³-hybridized carbons (Fsp3) is 0.273. The van der Waals surface area contributed by atoms with Crippen molar-refractivity contribution < 1.29 is 9.53 Å². The van der Waals surface area contributed by atoms with Crippen LogP contribution in [0.3, 0.4) is 0 Å². The summed E-state index contributed by atoms with van der Waals surface area (Å²) < 4.78 is 5.28. The molecule has 2 aliphatic rings. The minimum Gasteiger partial charge on any atom is -0.426 e. The van der Waals surface area contributed by atoms with Gasteiger partial charge in [0.1, 0.15) is 12.1 Å². The summed E-state index contributed by atoms with van der Waals surface area (Å²) in [5.74, 6) is 0.525. The molecule has 1 fully saturated rings. The molecule has 0 unspecified atom stereocenters. The van der Waals surface area contributed by atoms with Gasteiger partial charge in [-0.3, -0.25) is 4.79 Å². The van der Waals surface area contributed by atoms with Crippen molar-refractivity contribution in [3.05, 3.63) is 24.3 Å². The van der Waals surface area contributed by atoms with E-state index in [1.165, 1.54) is 0 Å². The second kappa shape index (κ2) is 4.06. The van der Waals surface area contributed by atoms with Gasteiger partial charge < -0.3 is 4.74 Å². The van der Waals surface area contributed by atoms with Crippen molar-refractivity contribution in [2.45, 2.75) is 12.8 Å². The summed E-state index contributed by atoms with van der Waals surface area (Å²) in [6, 6.07) is 7.27. The smallest absolute Gasteiger partial charge is 0.314 e. The van der Waals surface area contributed by atoms with Crippen LogP contribution in [0.5, 0.6) is 5.75 Å². The van der Waals surface area contributed by atoms with Crippen molar-refractivity contribution in [3.8, 4) is 5.75 Å². The van der Waals surface area contributed by atoms with Crippen LogP contribution in [0.2, 0.25) is 0 Å². The molecule has 0 spiro atoms. The number of hydrogen-bond acceptors (Lipinski definition) is 6. The second-order valence-electron chi connectivity index (χ2n) is 4.03. The van der Waals surface area contributed by atoms with Crippen molar-refractivity contribution in [3.63, 3.8) is 0 Å². The molecule has 1 aliphatic heterocycles. The van der Waals surface area contributed by atoms with Crippen LogP contribution in [0, 0.1) is 5.92 Å². The van der Waals surface area contributed by atoms with Gasteiger partial charge in [0.15, 0.2) is 0 Å². The van der Waals surface area contributed by atoms with Gasteiger partial charge >= 0.3 is 5.97 Å². The van der Waals surface area contributed by atoms with Crippen LogP contribution in [-0.4, -0.2) is 12.3 Å². The molecule has 17 heavy (non-hydrogen) atoms. The normalized spacial score (nSPS) is 18.0. The fourth-order valence-electron chi connectivity index (χ4n) is 1.54. The fourth-order valence-corrected chi connectivity index (χ4v) is 1.54. The Hall–Kier alpha value is -2.08. The Morgan fingerprint density at radius 1 is 1.47 bits per heavy atom. The third-order valence-electron chi connectivity index (χ3n) is 2.63. The zero-order chi connectivity index (χ0) is 11.7. The van der Waals surface area contributed by atoms with Gasteiger partial charge in [-0.25, -0.2) is 10.5 Å². The van der Waals surface area contributed by atoms with Crippen LogP contribution in [0.15, 0.2) is 29.4 Å². The number of carbonyl (C=O) groups excluding carboxylic acids is 1. The summed E-state index contributed by atoms with van der Waals surface area (Å²) in [5, 5.41) is 5.49. The number of hydrazone groups is 1. The summed E-state index contributed by atoms with van der Waals surface area (Å²) >= 11 is 0. The SMILES string of the molecule is O=C(Oc1cccc(N2C=NNN2)c1)C1CC1. The molecule has 1 aromatic rings. The maximum atomic E-state index is 11.5. The van der Waals surface area contributed by atoms with E-state index in [0.29, 0.717) is 5.75 Å². The predicted octanol–water partition coefficient (Wildman–Crippen LogP) is 0.774. The topological polar surface area (TPSA) is 66.0 Å². The number of hydrogen-bond donors (Lipinski definition) is 2. The summed E-state index contributed by atoms with van der Waals surface area (Å²) in [6.07, 6.45) is 3.49. The Morgan fingerprint density at radius 3 is 3.06 bits per heavy atom. The first-order valence-corrected chi connectivity index (χ1v) is 5.48. The number of nitrogens with one attached hydrogen (secondary N) is 2. The molecule has 0 radical (unpaired) electrons. The number of nitrogens with zero attached hydrogens (tertiary/aromatic N) is 2. The van der Waals surface area contributed by atoms with Crippen LogP contribution >= 0.6 is 0 Å². The van der Waals surface area contributed by atoms with Gasteiger partial charge in [-0.05, 0) is 25.0 Å². The highest BCUT2D eigenvalue weighted by Crippen LogP contribution is 2.31. The number of anilines is 1. The highest BCUT2D eigenvalue weighted by atomic mass is 16.5. The van der Waals surface area contributed by atoms with Gasteiger partial charge in [0, 0.05) is 6.07 Å². The van der Waals surface area contributed by atoms with Gasteiger partial charge in [-0.2, -0.15) is 5.10 Å². The van der Waals surface area contributed by atoms with Crippen LogP contribution in [-0.2, 0) is 4.79 Å². The highest BCUT2D eigenvalue weighted by molar-refractivity contribution is 5.80.